The highest BCUT2D eigenvalue weighted by Gasteiger charge is 2.37. The number of piperidine rings is 1. The molecule has 0 aliphatic carbocycles. The van der Waals surface area contributed by atoms with Crippen LogP contribution in [-0.2, 0) is 9.59 Å². The van der Waals surface area contributed by atoms with Crippen LogP contribution in [0.2, 0.25) is 0 Å². The standard InChI is InChI=1S/C16H18F4N2O3/c17-12-1-3-13(4-2-12)21-14(23)10-7-11(15(24)25)9-22(8-10)6-5-16(18,19)20/h1-4,10-11H,5-9H2,(H,21,23)(H,24,25)/t10-,11-/m0/s1. The van der Waals surface area contributed by atoms with Crippen molar-refractivity contribution in [1.82, 2.24) is 4.90 Å². The molecule has 1 fully saturated rings. The summed E-state index contributed by atoms with van der Waals surface area (Å²) in [5.41, 5.74) is 0.339. The lowest BCUT2D eigenvalue weighted by molar-refractivity contribution is -0.147. The number of likely N-dealkylation sites (tertiary alicyclic amines) is 1. The van der Waals surface area contributed by atoms with E-state index in [9.17, 15) is 32.3 Å². The maximum absolute atomic E-state index is 12.9. The highest BCUT2D eigenvalue weighted by atomic mass is 19.4. The van der Waals surface area contributed by atoms with Crippen LogP contribution < -0.4 is 5.32 Å². The van der Waals surface area contributed by atoms with Gasteiger partial charge in [0.2, 0.25) is 5.91 Å². The van der Waals surface area contributed by atoms with Gasteiger partial charge < -0.3 is 15.3 Å². The van der Waals surface area contributed by atoms with Crippen molar-refractivity contribution in [3.05, 3.63) is 30.1 Å². The Morgan fingerprint density at radius 1 is 1.16 bits per heavy atom. The zero-order valence-electron chi connectivity index (χ0n) is 13.2. The monoisotopic (exact) mass is 362 g/mol. The number of amides is 1. The Labute approximate surface area is 141 Å². The summed E-state index contributed by atoms with van der Waals surface area (Å²) in [5.74, 6) is -3.77. The zero-order valence-corrected chi connectivity index (χ0v) is 13.2. The molecule has 1 aliphatic heterocycles. The van der Waals surface area contributed by atoms with Gasteiger partial charge in [0.05, 0.1) is 18.3 Å². The van der Waals surface area contributed by atoms with Gasteiger partial charge in [-0.2, -0.15) is 13.2 Å². The Morgan fingerprint density at radius 3 is 2.32 bits per heavy atom. The first-order valence-electron chi connectivity index (χ1n) is 7.72. The fraction of sp³-hybridized carbons (Fsp3) is 0.500. The van der Waals surface area contributed by atoms with Gasteiger partial charge in [0.25, 0.3) is 0 Å². The summed E-state index contributed by atoms with van der Waals surface area (Å²) in [6, 6.07) is 5.02. The van der Waals surface area contributed by atoms with Crippen LogP contribution in [0.25, 0.3) is 0 Å². The third-order valence-corrected chi connectivity index (χ3v) is 4.07. The van der Waals surface area contributed by atoms with Gasteiger partial charge in [0.1, 0.15) is 5.82 Å². The first-order valence-corrected chi connectivity index (χ1v) is 7.72. The minimum absolute atomic E-state index is 0.0221. The molecule has 5 nitrogen and oxygen atoms in total. The summed E-state index contributed by atoms with van der Waals surface area (Å²) in [7, 11) is 0. The molecule has 1 amide bonds. The van der Waals surface area contributed by atoms with Crippen LogP contribution in [0.5, 0.6) is 0 Å². The van der Waals surface area contributed by atoms with Crippen LogP contribution in [0.3, 0.4) is 0 Å². The van der Waals surface area contributed by atoms with Crippen molar-refractivity contribution in [2.24, 2.45) is 11.8 Å². The van der Waals surface area contributed by atoms with Gasteiger partial charge >= 0.3 is 12.1 Å². The van der Waals surface area contributed by atoms with Crippen LogP contribution in [0, 0.1) is 17.7 Å². The minimum Gasteiger partial charge on any atom is -0.481 e. The molecule has 0 spiro atoms. The molecule has 1 aromatic rings. The van der Waals surface area contributed by atoms with Crippen LogP contribution in [-0.4, -0.2) is 47.7 Å². The molecule has 1 aromatic carbocycles. The second-order valence-corrected chi connectivity index (χ2v) is 6.09. The molecule has 0 saturated carbocycles. The molecular weight excluding hydrogens is 344 g/mol. The Bertz CT molecular complexity index is 619. The molecule has 9 heteroatoms. The van der Waals surface area contributed by atoms with Gasteiger partial charge in [-0.15, -0.1) is 0 Å². The van der Waals surface area contributed by atoms with Gasteiger partial charge in [0, 0.05) is 25.3 Å². The van der Waals surface area contributed by atoms with Crippen molar-refractivity contribution >= 4 is 17.6 Å². The topological polar surface area (TPSA) is 69.6 Å². The molecule has 138 valence electrons. The number of rotatable bonds is 5. The van der Waals surface area contributed by atoms with E-state index in [2.05, 4.69) is 5.32 Å². The van der Waals surface area contributed by atoms with E-state index in [1.807, 2.05) is 0 Å². The number of hydrogen-bond donors (Lipinski definition) is 2. The van der Waals surface area contributed by atoms with E-state index in [1.54, 1.807) is 0 Å². The molecule has 1 saturated heterocycles. The molecule has 2 atom stereocenters. The largest absolute Gasteiger partial charge is 0.481 e. The summed E-state index contributed by atoms with van der Waals surface area (Å²) in [4.78, 5) is 24.9. The molecule has 1 aliphatic rings. The number of carboxylic acid groups (broad SMARTS) is 1. The summed E-state index contributed by atoms with van der Waals surface area (Å²) in [5, 5.41) is 11.7. The van der Waals surface area contributed by atoms with Crippen molar-refractivity contribution < 1.29 is 32.3 Å². The lowest BCUT2D eigenvalue weighted by Gasteiger charge is -2.35. The number of alkyl halides is 3. The predicted octanol–water partition coefficient (Wildman–Crippen LogP) is 2.74. The highest BCUT2D eigenvalue weighted by molar-refractivity contribution is 5.93. The summed E-state index contributed by atoms with van der Waals surface area (Å²) < 4.78 is 50.0. The van der Waals surface area contributed by atoms with E-state index < -0.39 is 42.1 Å². The van der Waals surface area contributed by atoms with Crippen molar-refractivity contribution in [3.63, 3.8) is 0 Å². The number of benzene rings is 1. The molecule has 0 radical (unpaired) electrons. The first-order chi connectivity index (χ1) is 11.6. The highest BCUT2D eigenvalue weighted by Crippen LogP contribution is 2.26. The fourth-order valence-corrected chi connectivity index (χ4v) is 2.80. The van der Waals surface area contributed by atoms with Crippen molar-refractivity contribution in [2.45, 2.75) is 19.0 Å². The molecule has 0 aromatic heterocycles. The van der Waals surface area contributed by atoms with Gasteiger partial charge in [0.15, 0.2) is 0 Å². The quantitative estimate of drug-likeness (QED) is 0.791. The van der Waals surface area contributed by atoms with E-state index in [4.69, 9.17) is 0 Å². The van der Waals surface area contributed by atoms with Gasteiger partial charge in [-0.1, -0.05) is 0 Å². The number of carboxylic acids is 1. The molecule has 25 heavy (non-hydrogen) atoms. The van der Waals surface area contributed by atoms with Crippen molar-refractivity contribution in [1.29, 1.82) is 0 Å². The van der Waals surface area contributed by atoms with Crippen LogP contribution in [0.1, 0.15) is 12.8 Å². The third-order valence-electron chi connectivity index (χ3n) is 4.07. The second-order valence-electron chi connectivity index (χ2n) is 6.09. The SMILES string of the molecule is O=C(O)[C@H]1C[C@H](C(=O)Nc2ccc(F)cc2)CN(CCC(F)(F)F)C1. The number of hydrogen-bond acceptors (Lipinski definition) is 3. The van der Waals surface area contributed by atoms with Gasteiger partial charge in [-0.3, -0.25) is 9.59 Å². The normalized spacial score (nSPS) is 21.8. The summed E-state index contributed by atoms with van der Waals surface area (Å²) in [6.45, 7) is -0.327. The van der Waals surface area contributed by atoms with Crippen LogP contribution in [0.4, 0.5) is 23.2 Å². The predicted molar refractivity (Wildman–Crippen MR) is 81.4 cm³/mol. The van der Waals surface area contributed by atoms with Crippen molar-refractivity contribution in [3.8, 4) is 0 Å². The summed E-state index contributed by atoms with van der Waals surface area (Å²) in [6.07, 6.45) is -5.36. The molecule has 1 heterocycles. The van der Waals surface area contributed by atoms with E-state index in [-0.39, 0.29) is 26.1 Å². The average molecular weight is 362 g/mol. The number of anilines is 1. The smallest absolute Gasteiger partial charge is 0.390 e. The number of carbonyl (C=O) groups is 2. The maximum atomic E-state index is 12.9. The molecule has 2 N–H and O–H groups in total. The lowest BCUT2D eigenvalue weighted by Crippen LogP contribution is -2.47. The van der Waals surface area contributed by atoms with Crippen LogP contribution in [0.15, 0.2) is 24.3 Å². The van der Waals surface area contributed by atoms with Gasteiger partial charge in [-0.25, -0.2) is 4.39 Å². The molecule has 0 bridgehead atoms. The number of halogens is 4. The van der Waals surface area contributed by atoms with E-state index in [0.717, 1.165) is 12.1 Å². The van der Waals surface area contributed by atoms with Crippen LogP contribution >= 0.6 is 0 Å². The zero-order chi connectivity index (χ0) is 18.6. The molecule has 0 unspecified atom stereocenters. The van der Waals surface area contributed by atoms with E-state index in [1.165, 1.54) is 17.0 Å². The fourth-order valence-electron chi connectivity index (χ4n) is 2.80. The minimum atomic E-state index is -4.35. The van der Waals surface area contributed by atoms with Crippen molar-refractivity contribution in [2.75, 3.05) is 25.0 Å². The lowest BCUT2D eigenvalue weighted by atomic mass is 9.88. The van der Waals surface area contributed by atoms with Gasteiger partial charge in [-0.05, 0) is 30.7 Å². The Morgan fingerprint density at radius 2 is 1.76 bits per heavy atom. The first kappa shape index (κ1) is 19.2. The number of nitrogens with zero attached hydrogens (tertiary/aromatic N) is 1. The number of carbonyl (C=O) groups excluding carboxylic acids is 1. The summed E-state index contributed by atoms with van der Waals surface area (Å²) >= 11 is 0. The molecule has 2 rings (SSSR count). The van der Waals surface area contributed by atoms with E-state index in [0.29, 0.717) is 5.69 Å². The third kappa shape index (κ3) is 6.00. The number of aliphatic carboxylic acids is 1. The average Bonchev–Trinajstić information content (AvgIpc) is 2.54. The second kappa shape index (κ2) is 7.81. The Kier molecular flexibility index (Phi) is 5.99. The number of nitrogens with one attached hydrogen (secondary N) is 1. The Balaban J connectivity index is 2.02. The molecular formula is C16H18F4N2O3. The maximum Gasteiger partial charge on any atom is 0.390 e. The Hall–Kier alpha value is -2.16. The van der Waals surface area contributed by atoms with E-state index >= 15 is 0 Å².